The van der Waals surface area contributed by atoms with Crippen LogP contribution in [0, 0.1) is 6.92 Å². The van der Waals surface area contributed by atoms with Crippen molar-refractivity contribution in [3.8, 4) is 5.75 Å². The van der Waals surface area contributed by atoms with Crippen LogP contribution in [0.25, 0.3) is 0 Å². The third kappa shape index (κ3) is 4.56. The first kappa shape index (κ1) is 15.5. The molecule has 0 saturated heterocycles. The Kier molecular flexibility index (Phi) is 5.33. The Morgan fingerprint density at radius 1 is 1.29 bits per heavy atom. The van der Waals surface area contributed by atoms with Gasteiger partial charge >= 0.3 is 0 Å². The molecule has 5 nitrogen and oxygen atoms in total. The summed E-state index contributed by atoms with van der Waals surface area (Å²) in [5, 5.41) is 7.54. The van der Waals surface area contributed by atoms with Crippen LogP contribution in [0.5, 0.6) is 5.75 Å². The standard InChI is InChI=1S/C16H24N4O/c1-12(2)17-11-15-16(6-5-13(3)19-15)21-10-8-14-7-9-18-20(14)4/h5-7,9,12,17H,8,10-11H2,1-4H3. The quantitative estimate of drug-likeness (QED) is 0.849. The molecule has 2 aromatic heterocycles. The van der Waals surface area contributed by atoms with Gasteiger partial charge in [-0.1, -0.05) is 13.8 Å². The number of aryl methyl sites for hydroxylation is 2. The maximum atomic E-state index is 5.91. The number of pyridine rings is 1. The third-order valence-electron chi connectivity index (χ3n) is 3.29. The molecule has 21 heavy (non-hydrogen) atoms. The fourth-order valence-electron chi connectivity index (χ4n) is 2.07. The number of aromatic nitrogens is 3. The minimum Gasteiger partial charge on any atom is -0.491 e. The molecule has 2 heterocycles. The van der Waals surface area contributed by atoms with Crippen LogP contribution >= 0.6 is 0 Å². The van der Waals surface area contributed by atoms with E-state index in [1.807, 2.05) is 36.9 Å². The highest BCUT2D eigenvalue weighted by molar-refractivity contribution is 5.29. The second-order valence-corrected chi connectivity index (χ2v) is 5.48. The van der Waals surface area contributed by atoms with Crippen molar-refractivity contribution in [2.24, 2.45) is 7.05 Å². The second kappa shape index (κ2) is 7.22. The van der Waals surface area contributed by atoms with E-state index in [1.165, 1.54) is 0 Å². The van der Waals surface area contributed by atoms with Crippen LogP contribution in [-0.4, -0.2) is 27.4 Å². The highest BCUT2D eigenvalue weighted by Crippen LogP contribution is 2.17. The van der Waals surface area contributed by atoms with Gasteiger partial charge in [-0.05, 0) is 25.1 Å². The van der Waals surface area contributed by atoms with Gasteiger partial charge in [-0.25, -0.2) is 0 Å². The first-order chi connectivity index (χ1) is 10.1. The summed E-state index contributed by atoms with van der Waals surface area (Å²) in [5.74, 6) is 0.857. The largest absolute Gasteiger partial charge is 0.491 e. The van der Waals surface area contributed by atoms with Crippen LogP contribution in [0.15, 0.2) is 24.4 Å². The van der Waals surface area contributed by atoms with Crippen molar-refractivity contribution < 1.29 is 4.74 Å². The van der Waals surface area contributed by atoms with Crippen molar-refractivity contribution >= 4 is 0 Å². The Bertz CT molecular complexity index is 577. The van der Waals surface area contributed by atoms with Crippen LogP contribution in [0.2, 0.25) is 0 Å². The van der Waals surface area contributed by atoms with E-state index in [4.69, 9.17) is 4.74 Å². The van der Waals surface area contributed by atoms with Gasteiger partial charge in [0.05, 0.1) is 12.3 Å². The van der Waals surface area contributed by atoms with E-state index in [-0.39, 0.29) is 0 Å². The van der Waals surface area contributed by atoms with Gasteiger partial charge < -0.3 is 10.1 Å². The Balaban J connectivity index is 1.96. The first-order valence-corrected chi connectivity index (χ1v) is 7.36. The van der Waals surface area contributed by atoms with Gasteiger partial charge in [0.2, 0.25) is 0 Å². The lowest BCUT2D eigenvalue weighted by Gasteiger charge is -2.13. The summed E-state index contributed by atoms with van der Waals surface area (Å²) in [7, 11) is 1.95. The maximum absolute atomic E-state index is 5.91. The summed E-state index contributed by atoms with van der Waals surface area (Å²) in [4.78, 5) is 4.57. The first-order valence-electron chi connectivity index (χ1n) is 7.36. The van der Waals surface area contributed by atoms with Crippen molar-refractivity contribution in [1.29, 1.82) is 0 Å². The average Bonchev–Trinajstić information content (AvgIpc) is 2.84. The van der Waals surface area contributed by atoms with Crippen molar-refractivity contribution in [3.63, 3.8) is 0 Å². The Morgan fingerprint density at radius 3 is 2.76 bits per heavy atom. The van der Waals surface area contributed by atoms with E-state index in [2.05, 4.69) is 29.2 Å². The van der Waals surface area contributed by atoms with Crippen molar-refractivity contribution in [3.05, 3.63) is 41.5 Å². The summed E-state index contributed by atoms with van der Waals surface area (Å²) in [6.07, 6.45) is 2.64. The number of hydrogen-bond acceptors (Lipinski definition) is 4. The van der Waals surface area contributed by atoms with Gasteiger partial charge in [-0.15, -0.1) is 0 Å². The Hall–Kier alpha value is -1.88. The molecular formula is C16H24N4O. The molecule has 5 heteroatoms. The second-order valence-electron chi connectivity index (χ2n) is 5.48. The predicted molar refractivity (Wildman–Crippen MR) is 83.4 cm³/mol. The highest BCUT2D eigenvalue weighted by atomic mass is 16.5. The predicted octanol–water partition coefficient (Wildman–Crippen LogP) is 2.24. The molecule has 1 N–H and O–H groups in total. The lowest BCUT2D eigenvalue weighted by atomic mass is 10.2. The van der Waals surface area contributed by atoms with E-state index < -0.39 is 0 Å². The topological polar surface area (TPSA) is 52.0 Å². The molecule has 0 bridgehead atoms. The SMILES string of the molecule is Cc1ccc(OCCc2ccnn2C)c(CNC(C)C)n1. The van der Waals surface area contributed by atoms with Gasteiger partial charge in [-0.3, -0.25) is 9.67 Å². The van der Waals surface area contributed by atoms with Crippen LogP contribution in [0.3, 0.4) is 0 Å². The Labute approximate surface area is 126 Å². The summed E-state index contributed by atoms with van der Waals surface area (Å²) < 4.78 is 7.78. The van der Waals surface area contributed by atoms with Crippen molar-refractivity contribution in [2.75, 3.05) is 6.61 Å². The van der Waals surface area contributed by atoms with Crippen molar-refractivity contribution in [2.45, 2.75) is 39.8 Å². The van der Waals surface area contributed by atoms with Gasteiger partial charge in [0.1, 0.15) is 5.75 Å². The van der Waals surface area contributed by atoms with Gasteiger partial charge in [0, 0.05) is 43.6 Å². The minimum atomic E-state index is 0.426. The number of nitrogens with one attached hydrogen (secondary N) is 1. The van der Waals surface area contributed by atoms with E-state index in [0.717, 1.165) is 35.8 Å². The van der Waals surface area contributed by atoms with Gasteiger partial charge in [0.15, 0.2) is 0 Å². The number of nitrogens with zero attached hydrogens (tertiary/aromatic N) is 3. The van der Waals surface area contributed by atoms with E-state index in [9.17, 15) is 0 Å². The Morgan fingerprint density at radius 2 is 2.10 bits per heavy atom. The highest BCUT2D eigenvalue weighted by Gasteiger charge is 2.07. The van der Waals surface area contributed by atoms with E-state index in [1.54, 1.807) is 6.20 Å². The summed E-state index contributed by atoms with van der Waals surface area (Å²) in [6.45, 7) is 7.59. The fourth-order valence-corrected chi connectivity index (χ4v) is 2.07. The lowest BCUT2D eigenvalue weighted by Crippen LogP contribution is -2.23. The molecule has 0 aliphatic rings. The third-order valence-corrected chi connectivity index (χ3v) is 3.29. The van der Waals surface area contributed by atoms with Crippen LogP contribution < -0.4 is 10.1 Å². The normalized spacial score (nSPS) is 11.1. The zero-order valence-corrected chi connectivity index (χ0v) is 13.3. The lowest BCUT2D eigenvalue weighted by molar-refractivity contribution is 0.312. The summed E-state index contributed by atoms with van der Waals surface area (Å²) >= 11 is 0. The van der Waals surface area contributed by atoms with Crippen molar-refractivity contribution in [1.82, 2.24) is 20.1 Å². The molecule has 0 amide bonds. The smallest absolute Gasteiger partial charge is 0.142 e. The molecule has 2 aromatic rings. The van der Waals surface area contributed by atoms with Gasteiger partial charge in [0.25, 0.3) is 0 Å². The molecule has 0 radical (unpaired) electrons. The molecule has 0 aliphatic heterocycles. The molecule has 0 atom stereocenters. The molecule has 0 spiro atoms. The zero-order chi connectivity index (χ0) is 15.2. The zero-order valence-electron chi connectivity index (χ0n) is 13.3. The fraction of sp³-hybridized carbons (Fsp3) is 0.500. The number of ether oxygens (including phenoxy) is 1. The van der Waals surface area contributed by atoms with Gasteiger partial charge in [-0.2, -0.15) is 5.10 Å². The molecule has 0 aromatic carbocycles. The van der Waals surface area contributed by atoms with E-state index >= 15 is 0 Å². The molecule has 2 rings (SSSR count). The van der Waals surface area contributed by atoms with E-state index in [0.29, 0.717) is 12.6 Å². The van der Waals surface area contributed by atoms with Crippen LogP contribution in [-0.2, 0) is 20.0 Å². The molecule has 114 valence electrons. The number of rotatable bonds is 7. The monoisotopic (exact) mass is 288 g/mol. The molecular weight excluding hydrogens is 264 g/mol. The number of hydrogen-bond donors (Lipinski definition) is 1. The molecule has 0 saturated carbocycles. The molecule has 0 aliphatic carbocycles. The summed E-state index contributed by atoms with van der Waals surface area (Å²) in [6, 6.07) is 6.42. The average molecular weight is 288 g/mol. The summed E-state index contributed by atoms with van der Waals surface area (Å²) in [5.41, 5.74) is 3.14. The minimum absolute atomic E-state index is 0.426. The molecule has 0 fully saturated rings. The van der Waals surface area contributed by atoms with Crippen LogP contribution in [0.4, 0.5) is 0 Å². The molecule has 0 unspecified atom stereocenters. The van der Waals surface area contributed by atoms with Crippen LogP contribution in [0.1, 0.15) is 30.9 Å². The maximum Gasteiger partial charge on any atom is 0.142 e.